The van der Waals surface area contributed by atoms with Gasteiger partial charge in [-0.3, -0.25) is 0 Å². The van der Waals surface area contributed by atoms with Crippen molar-refractivity contribution < 1.29 is 4.74 Å². The number of para-hydroxylation sites is 2. The fraction of sp³-hybridized carbons (Fsp3) is 0.562. The van der Waals surface area contributed by atoms with Crippen molar-refractivity contribution in [2.45, 2.75) is 51.9 Å². The lowest BCUT2D eigenvalue weighted by atomic mass is 9.95. The predicted molar refractivity (Wildman–Crippen MR) is 80.7 cm³/mol. The van der Waals surface area contributed by atoms with E-state index in [2.05, 4.69) is 48.9 Å². The number of imidazole rings is 1. The highest BCUT2D eigenvalue weighted by Crippen LogP contribution is 2.26. The van der Waals surface area contributed by atoms with Gasteiger partial charge >= 0.3 is 0 Å². The minimum absolute atomic E-state index is 0.0523. The molecule has 2 heterocycles. The molecule has 0 aliphatic carbocycles. The molecule has 1 aliphatic heterocycles. The van der Waals surface area contributed by atoms with Gasteiger partial charge in [-0.1, -0.05) is 12.1 Å². The van der Waals surface area contributed by atoms with Gasteiger partial charge in [-0.25, -0.2) is 4.98 Å². The summed E-state index contributed by atoms with van der Waals surface area (Å²) >= 11 is 0. The van der Waals surface area contributed by atoms with E-state index in [0.29, 0.717) is 0 Å². The number of benzene rings is 1. The zero-order chi connectivity index (χ0) is 14.2. The molecule has 3 rings (SSSR count). The van der Waals surface area contributed by atoms with Gasteiger partial charge < -0.3 is 14.6 Å². The Morgan fingerprint density at radius 2 is 2.25 bits per heavy atom. The van der Waals surface area contributed by atoms with Crippen LogP contribution in [0.4, 0.5) is 0 Å². The van der Waals surface area contributed by atoms with Crippen molar-refractivity contribution in [1.29, 1.82) is 0 Å². The summed E-state index contributed by atoms with van der Waals surface area (Å²) in [7, 11) is 0. The number of hydrogen-bond acceptors (Lipinski definition) is 3. The summed E-state index contributed by atoms with van der Waals surface area (Å²) in [6.07, 6.45) is 1.31. The van der Waals surface area contributed by atoms with Crippen molar-refractivity contribution >= 4 is 11.0 Å². The van der Waals surface area contributed by atoms with Gasteiger partial charge in [0.05, 0.1) is 23.7 Å². The first-order chi connectivity index (χ1) is 9.64. The Hall–Kier alpha value is -1.39. The molecule has 0 radical (unpaired) electrons. The maximum atomic E-state index is 5.68. The second-order valence-electron chi connectivity index (χ2n) is 5.80. The second kappa shape index (κ2) is 5.19. The normalized spacial score (nSPS) is 26.4. The Morgan fingerprint density at radius 3 is 2.95 bits per heavy atom. The van der Waals surface area contributed by atoms with Crippen LogP contribution in [0.5, 0.6) is 0 Å². The van der Waals surface area contributed by atoms with E-state index < -0.39 is 0 Å². The highest BCUT2D eigenvalue weighted by molar-refractivity contribution is 5.75. The average Bonchev–Trinajstić information content (AvgIpc) is 2.97. The average molecular weight is 273 g/mol. The molecule has 0 spiro atoms. The van der Waals surface area contributed by atoms with Crippen LogP contribution in [0, 0.1) is 0 Å². The molecular formula is C16H23N3O. The number of ether oxygens (including phenoxy) is 1. The lowest BCUT2D eigenvalue weighted by Gasteiger charge is -2.29. The maximum Gasteiger partial charge on any atom is 0.123 e. The minimum atomic E-state index is 0.0523. The first-order valence-corrected chi connectivity index (χ1v) is 7.45. The fourth-order valence-electron chi connectivity index (χ4n) is 2.96. The summed E-state index contributed by atoms with van der Waals surface area (Å²) in [4.78, 5) is 4.76. The quantitative estimate of drug-likeness (QED) is 0.931. The summed E-state index contributed by atoms with van der Waals surface area (Å²) in [5, 5.41) is 3.65. The van der Waals surface area contributed by atoms with Crippen LogP contribution in [0.15, 0.2) is 24.3 Å². The highest BCUT2D eigenvalue weighted by atomic mass is 16.5. The van der Waals surface area contributed by atoms with Crippen molar-refractivity contribution in [3.63, 3.8) is 0 Å². The third-order valence-corrected chi connectivity index (χ3v) is 4.59. The zero-order valence-corrected chi connectivity index (χ0v) is 12.5. The topological polar surface area (TPSA) is 39.1 Å². The van der Waals surface area contributed by atoms with Gasteiger partial charge in [0, 0.05) is 18.7 Å². The molecule has 2 unspecified atom stereocenters. The molecule has 2 atom stereocenters. The van der Waals surface area contributed by atoms with Crippen molar-refractivity contribution in [2.75, 3.05) is 6.61 Å². The zero-order valence-electron chi connectivity index (χ0n) is 12.5. The first-order valence-electron chi connectivity index (χ1n) is 7.45. The predicted octanol–water partition coefficient (Wildman–Crippen LogP) is 2.71. The van der Waals surface area contributed by atoms with Gasteiger partial charge in [0.1, 0.15) is 5.82 Å². The van der Waals surface area contributed by atoms with Crippen LogP contribution in [-0.2, 0) is 17.8 Å². The Bertz CT molecular complexity index is 607. The van der Waals surface area contributed by atoms with Crippen LogP contribution in [0.2, 0.25) is 0 Å². The number of nitrogens with one attached hydrogen (secondary N) is 1. The van der Waals surface area contributed by atoms with Crippen LogP contribution in [0.3, 0.4) is 0 Å². The van der Waals surface area contributed by atoms with Gasteiger partial charge in [-0.05, 0) is 39.3 Å². The van der Waals surface area contributed by atoms with E-state index in [4.69, 9.17) is 9.72 Å². The molecule has 1 N–H and O–H groups in total. The van der Waals surface area contributed by atoms with E-state index in [1.165, 1.54) is 5.52 Å². The largest absolute Gasteiger partial charge is 0.377 e. The molecule has 1 aromatic heterocycles. The van der Waals surface area contributed by atoms with Crippen molar-refractivity contribution in [2.24, 2.45) is 0 Å². The molecule has 4 heteroatoms. The van der Waals surface area contributed by atoms with Crippen molar-refractivity contribution in [1.82, 2.24) is 14.9 Å². The molecule has 4 nitrogen and oxygen atoms in total. The van der Waals surface area contributed by atoms with Gasteiger partial charge in [0.2, 0.25) is 0 Å². The molecule has 1 fully saturated rings. The number of fused-ring (bicyclic) bond motifs is 1. The molecule has 0 bridgehead atoms. The molecular weight excluding hydrogens is 250 g/mol. The molecule has 1 aromatic carbocycles. The monoisotopic (exact) mass is 273 g/mol. The van der Waals surface area contributed by atoms with Crippen LogP contribution in [-0.4, -0.2) is 27.8 Å². The van der Waals surface area contributed by atoms with E-state index in [9.17, 15) is 0 Å². The third-order valence-electron chi connectivity index (χ3n) is 4.59. The van der Waals surface area contributed by atoms with E-state index in [1.54, 1.807) is 0 Å². The van der Waals surface area contributed by atoms with Gasteiger partial charge in [0.25, 0.3) is 0 Å². The van der Waals surface area contributed by atoms with Crippen LogP contribution in [0.1, 0.15) is 33.0 Å². The fourth-order valence-corrected chi connectivity index (χ4v) is 2.96. The number of rotatable bonds is 4. The van der Waals surface area contributed by atoms with Crippen molar-refractivity contribution in [3.8, 4) is 0 Å². The van der Waals surface area contributed by atoms with E-state index >= 15 is 0 Å². The molecule has 2 aromatic rings. The third kappa shape index (κ3) is 2.23. The Kier molecular flexibility index (Phi) is 3.52. The van der Waals surface area contributed by atoms with E-state index in [1.807, 2.05) is 6.07 Å². The SMILES string of the molecule is CCn1c(CNC2(C)CCOC2C)nc2ccccc21. The highest BCUT2D eigenvalue weighted by Gasteiger charge is 2.36. The standard InChI is InChI=1S/C16H23N3O/c1-4-19-14-8-6-5-7-13(14)18-15(19)11-17-16(3)9-10-20-12(16)2/h5-8,12,17H,4,9-11H2,1-3H3. The minimum Gasteiger partial charge on any atom is -0.377 e. The molecule has 1 saturated heterocycles. The molecule has 0 amide bonds. The summed E-state index contributed by atoms with van der Waals surface area (Å²) in [5.41, 5.74) is 2.34. The summed E-state index contributed by atoms with van der Waals surface area (Å²) in [6.45, 7) is 9.12. The van der Waals surface area contributed by atoms with Crippen LogP contribution >= 0.6 is 0 Å². The number of nitrogens with zero attached hydrogens (tertiary/aromatic N) is 2. The molecule has 1 aliphatic rings. The lowest BCUT2D eigenvalue weighted by Crippen LogP contribution is -2.47. The second-order valence-corrected chi connectivity index (χ2v) is 5.80. The number of aryl methyl sites for hydroxylation is 1. The van der Waals surface area contributed by atoms with Gasteiger partial charge in [-0.2, -0.15) is 0 Å². The smallest absolute Gasteiger partial charge is 0.123 e. The Balaban J connectivity index is 1.84. The van der Waals surface area contributed by atoms with Gasteiger partial charge in [-0.15, -0.1) is 0 Å². The number of aromatic nitrogens is 2. The molecule has 0 saturated carbocycles. The lowest BCUT2D eigenvalue weighted by molar-refractivity contribution is 0.0878. The van der Waals surface area contributed by atoms with Crippen LogP contribution < -0.4 is 5.32 Å². The summed E-state index contributed by atoms with van der Waals surface area (Å²) in [6, 6.07) is 8.33. The molecule has 108 valence electrons. The summed E-state index contributed by atoms with van der Waals surface area (Å²) in [5.74, 6) is 1.11. The van der Waals surface area contributed by atoms with Crippen LogP contribution in [0.25, 0.3) is 11.0 Å². The number of hydrogen-bond donors (Lipinski definition) is 1. The maximum absolute atomic E-state index is 5.68. The summed E-state index contributed by atoms with van der Waals surface area (Å²) < 4.78 is 7.97. The first kappa shape index (κ1) is 13.6. The Labute approximate surface area is 120 Å². The molecule has 20 heavy (non-hydrogen) atoms. The van der Waals surface area contributed by atoms with Gasteiger partial charge in [0.15, 0.2) is 0 Å². The Morgan fingerprint density at radius 1 is 1.45 bits per heavy atom. The van der Waals surface area contributed by atoms with Crippen molar-refractivity contribution in [3.05, 3.63) is 30.1 Å². The van der Waals surface area contributed by atoms with E-state index in [0.717, 1.165) is 37.5 Å². The van der Waals surface area contributed by atoms with E-state index in [-0.39, 0.29) is 11.6 Å².